The lowest BCUT2D eigenvalue weighted by Gasteiger charge is -2.13. The molecule has 2 rings (SSSR count). The molecule has 1 heterocycles. The first-order chi connectivity index (χ1) is 9.24. The highest BCUT2D eigenvalue weighted by atomic mass is 16.5. The van der Waals surface area contributed by atoms with Crippen molar-refractivity contribution in [2.45, 2.75) is 32.4 Å². The van der Waals surface area contributed by atoms with Crippen LogP contribution in [0.1, 0.15) is 37.1 Å². The van der Waals surface area contributed by atoms with Gasteiger partial charge in [-0.15, -0.1) is 0 Å². The number of benzene rings is 1. The Labute approximate surface area is 114 Å². The second-order valence-corrected chi connectivity index (χ2v) is 4.66. The second kappa shape index (κ2) is 6.38. The van der Waals surface area contributed by atoms with Gasteiger partial charge in [0.15, 0.2) is 0 Å². The zero-order valence-electron chi connectivity index (χ0n) is 11.5. The Morgan fingerprint density at radius 1 is 1.26 bits per heavy atom. The summed E-state index contributed by atoms with van der Waals surface area (Å²) in [5.74, 6) is 0.868. The van der Waals surface area contributed by atoms with Gasteiger partial charge in [-0.1, -0.05) is 25.5 Å². The highest BCUT2D eigenvalue weighted by Crippen LogP contribution is 2.17. The van der Waals surface area contributed by atoms with Crippen LogP contribution in [0.5, 0.6) is 5.75 Å². The minimum atomic E-state index is 0.0609. The molecule has 4 heteroatoms. The van der Waals surface area contributed by atoms with Crippen molar-refractivity contribution in [3.8, 4) is 5.75 Å². The molecule has 4 nitrogen and oxygen atoms in total. The lowest BCUT2D eigenvalue weighted by atomic mass is 10.1. The van der Waals surface area contributed by atoms with Crippen molar-refractivity contribution < 1.29 is 4.74 Å². The third-order valence-corrected chi connectivity index (χ3v) is 3.22. The molecule has 1 unspecified atom stereocenters. The van der Waals surface area contributed by atoms with Crippen LogP contribution in [0.4, 0.5) is 0 Å². The molecule has 0 aliphatic rings. The van der Waals surface area contributed by atoms with Crippen LogP contribution in [0.15, 0.2) is 36.5 Å². The number of rotatable bonds is 6. The molecule has 102 valence electrons. The SMILES string of the molecule is CCCC(N)c1ccnn1Cc1ccc(OC)cc1. The predicted octanol–water partition coefficient (Wildman–Crippen LogP) is 2.74. The van der Waals surface area contributed by atoms with Gasteiger partial charge in [0.25, 0.3) is 0 Å². The van der Waals surface area contributed by atoms with Crippen molar-refractivity contribution in [2.24, 2.45) is 5.73 Å². The first kappa shape index (κ1) is 13.6. The lowest BCUT2D eigenvalue weighted by Crippen LogP contribution is -2.16. The minimum absolute atomic E-state index is 0.0609. The maximum Gasteiger partial charge on any atom is 0.118 e. The Morgan fingerprint density at radius 3 is 2.63 bits per heavy atom. The van der Waals surface area contributed by atoms with E-state index in [-0.39, 0.29) is 6.04 Å². The van der Waals surface area contributed by atoms with Crippen LogP contribution in [0.25, 0.3) is 0 Å². The lowest BCUT2D eigenvalue weighted by molar-refractivity contribution is 0.414. The van der Waals surface area contributed by atoms with E-state index in [1.165, 1.54) is 5.56 Å². The molecule has 0 aliphatic carbocycles. The number of hydrogen-bond donors (Lipinski definition) is 1. The zero-order valence-corrected chi connectivity index (χ0v) is 11.5. The first-order valence-corrected chi connectivity index (χ1v) is 6.64. The average Bonchev–Trinajstić information content (AvgIpc) is 2.88. The summed E-state index contributed by atoms with van der Waals surface area (Å²) >= 11 is 0. The van der Waals surface area contributed by atoms with E-state index < -0.39 is 0 Å². The summed E-state index contributed by atoms with van der Waals surface area (Å²) in [6.07, 6.45) is 3.87. The normalized spacial score (nSPS) is 12.4. The van der Waals surface area contributed by atoms with Crippen molar-refractivity contribution in [3.05, 3.63) is 47.8 Å². The van der Waals surface area contributed by atoms with Crippen LogP contribution >= 0.6 is 0 Å². The maximum absolute atomic E-state index is 6.17. The summed E-state index contributed by atoms with van der Waals surface area (Å²) in [5.41, 5.74) is 8.45. The molecular weight excluding hydrogens is 238 g/mol. The van der Waals surface area contributed by atoms with Crippen LogP contribution < -0.4 is 10.5 Å². The fraction of sp³-hybridized carbons (Fsp3) is 0.400. The summed E-state index contributed by atoms with van der Waals surface area (Å²) < 4.78 is 7.13. The molecule has 1 atom stereocenters. The zero-order chi connectivity index (χ0) is 13.7. The van der Waals surface area contributed by atoms with Gasteiger partial charge in [-0.3, -0.25) is 4.68 Å². The van der Waals surface area contributed by atoms with E-state index in [0.717, 1.165) is 30.8 Å². The standard InChI is InChI=1S/C15H21N3O/c1-3-4-14(16)15-9-10-17-18(15)11-12-5-7-13(19-2)8-6-12/h5-10,14H,3-4,11,16H2,1-2H3. The Kier molecular flexibility index (Phi) is 4.58. The van der Waals surface area contributed by atoms with E-state index >= 15 is 0 Å². The van der Waals surface area contributed by atoms with Gasteiger partial charge in [0.2, 0.25) is 0 Å². The van der Waals surface area contributed by atoms with Crippen LogP contribution in [0.2, 0.25) is 0 Å². The molecular formula is C15H21N3O. The van der Waals surface area contributed by atoms with Crippen LogP contribution in [-0.2, 0) is 6.54 Å². The highest BCUT2D eigenvalue weighted by molar-refractivity contribution is 5.27. The molecule has 1 aromatic carbocycles. The quantitative estimate of drug-likeness (QED) is 0.867. The topological polar surface area (TPSA) is 53.1 Å². The number of nitrogens with zero attached hydrogens (tertiary/aromatic N) is 2. The summed E-state index contributed by atoms with van der Waals surface area (Å²) in [6, 6.07) is 10.1. The van der Waals surface area contributed by atoms with Gasteiger partial charge in [0, 0.05) is 12.2 Å². The Bertz CT molecular complexity index is 504. The molecule has 0 radical (unpaired) electrons. The summed E-state index contributed by atoms with van der Waals surface area (Å²) in [6.45, 7) is 2.88. The van der Waals surface area contributed by atoms with Crippen molar-refractivity contribution >= 4 is 0 Å². The van der Waals surface area contributed by atoms with Crippen LogP contribution in [-0.4, -0.2) is 16.9 Å². The summed E-state index contributed by atoms with van der Waals surface area (Å²) in [5, 5.41) is 4.36. The molecule has 2 N–H and O–H groups in total. The number of ether oxygens (including phenoxy) is 1. The van der Waals surface area contributed by atoms with E-state index in [2.05, 4.69) is 24.2 Å². The fourth-order valence-corrected chi connectivity index (χ4v) is 2.15. The molecule has 0 saturated heterocycles. The Hall–Kier alpha value is -1.81. The number of methoxy groups -OCH3 is 1. The molecule has 0 saturated carbocycles. The van der Waals surface area contributed by atoms with Gasteiger partial charge in [-0.05, 0) is 30.2 Å². The molecule has 2 aromatic rings. The van der Waals surface area contributed by atoms with Crippen LogP contribution in [0.3, 0.4) is 0 Å². The largest absolute Gasteiger partial charge is 0.497 e. The molecule has 0 spiro atoms. The van der Waals surface area contributed by atoms with E-state index in [0.29, 0.717) is 0 Å². The number of hydrogen-bond acceptors (Lipinski definition) is 3. The predicted molar refractivity (Wildman–Crippen MR) is 76.2 cm³/mol. The summed E-state index contributed by atoms with van der Waals surface area (Å²) in [4.78, 5) is 0. The fourth-order valence-electron chi connectivity index (χ4n) is 2.15. The monoisotopic (exact) mass is 259 g/mol. The van der Waals surface area contributed by atoms with Gasteiger partial charge < -0.3 is 10.5 Å². The van der Waals surface area contributed by atoms with E-state index in [1.807, 2.05) is 29.1 Å². The van der Waals surface area contributed by atoms with E-state index in [9.17, 15) is 0 Å². The molecule has 19 heavy (non-hydrogen) atoms. The Balaban J connectivity index is 2.12. The molecule has 0 aliphatic heterocycles. The van der Waals surface area contributed by atoms with Crippen molar-refractivity contribution in [3.63, 3.8) is 0 Å². The van der Waals surface area contributed by atoms with Crippen molar-refractivity contribution in [2.75, 3.05) is 7.11 Å². The van der Waals surface area contributed by atoms with Crippen molar-refractivity contribution in [1.29, 1.82) is 0 Å². The number of nitrogens with two attached hydrogens (primary N) is 1. The third kappa shape index (κ3) is 3.35. The van der Waals surface area contributed by atoms with E-state index in [4.69, 9.17) is 10.5 Å². The maximum atomic E-state index is 6.17. The average molecular weight is 259 g/mol. The number of aromatic nitrogens is 2. The molecule has 0 bridgehead atoms. The molecule has 1 aromatic heterocycles. The van der Waals surface area contributed by atoms with Gasteiger partial charge in [-0.2, -0.15) is 5.10 Å². The van der Waals surface area contributed by atoms with Gasteiger partial charge in [-0.25, -0.2) is 0 Å². The van der Waals surface area contributed by atoms with E-state index in [1.54, 1.807) is 7.11 Å². The Morgan fingerprint density at radius 2 is 2.00 bits per heavy atom. The highest BCUT2D eigenvalue weighted by Gasteiger charge is 2.11. The second-order valence-electron chi connectivity index (χ2n) is 4.66. The van der Waals surface area contributed by atoms with Crippen molar-refractivity contribution in [1.82, 2.24) is 9.78 Å². The van der Waals surface area contributed by atoms with Gasteiger partial charge >= 0.3 is 0 Å². The smallest absolute Gasteiger partial charge is 0.118 e. The van der Waals surface area contributed by atoms with Crippen LogP contribution in [0, 0.1) is 0 Å². The van der Waals surface area contributed by atoms with Gasteiger partial charge in [0.05, 0.1) is 19.3 Å². The molecule has 0 fully saturated rings. The third-order valence-electron chi connectivity index (χ3n) is 3.22. The minimum Gasteiger partial charge on any atom is -0.497 e. The van der Waals surface area contributed by atoms with Gasteiger partial charge in [0.1, 0.15) is 5.75 Å². The summed E-state index contributed by atoms with van der Waals surface area (Å²) in [7, 11) is 1.67. The molecule has 0 amide bonds. The first-order valence-electron chi connectivity index (χ1n) is 6.64.